The van der Waals surface area contributed by atoms with E-state index in [1.165, 1.54) is 11.9 Å². The van der Waals surface area contributed by atoms with E-state index >= 15 is 0 Å². The molecule has 0 saturated carbocycles. The van der Waals surface area contributed by atoms with Crippen LogP contribution >= 0.6 is 0 Å². The lowest BCUT2D eigenvalue weighted by Gasteiger charge is -2.23. The van der Waals surface area contributed by atoms with Gasteiger partial charge >= 0.3 is 17.5 Å². The zero-order chi connectivity index (χ0) is 22.3. The van der Waals surface area contributed by atoms with Crippen molar-refractivity contribution >= 4 is 17.5 Å². The van der Waals surface area contributed by atoms with Crippen LogP contribution < -0.4 is 14.4 Å². The maximum atomic E-state index is 12.1. The topological polar surface area (TPSA) is 117 Å². The highest BCUT2D eigenvalue weighted by atomic mass is 16.6. The molecule has 0 atom stereocenters. The number of rotatable bonds is 9. The molecule has 0 spiro atoms. The molecule has 10 nitrogen and oxygen atoms in total. The average Bonchev–Trinajstić information content (AvgIpc) is 2.65. The van der Waals surface area contributed by atoms with Crippen LogP contribution in [0.25, 0.3) is 0 Å². The smallest absolute Gasteiger partial charge is 0.373 e. The molecule has 0 bridgehead atoms. The molecule has 0 radical (unpaired) electrons. The molecule has 0 aliphatic heterocycles. The van der Waals surface area contributed by atoms with Gasteiger partial charge in [0.05, 0.1) is 11.5 Å². The summed E-state index contributed by atoms with van der Waals surface area (Å²) in [6.07, 6.45) is 2.02. The number of likely N-dealkylation sites (N-methyl/N-ethyl adjacent to an activating group) is 1. The van der Waals surface area contributed by atoms with Crippen LogP contribution in [0.5, 0.6) is 17.4 Å². The third-order valence-electron chi connectivity index (χ3n) is 3.61. The number of esters is 1. The van der Waals surface area contributed by atoms with Crippen LogP contribution in [-0.2, 0) is 9.53 Å². The Hall–Kier alpha value is -3.43. The number of carbonyl (C=O) groups excluding carboxylic acids is 1. The summed E-state index contributed by atoms with van der Waals surface area (Å²) in [6.45, 7) is 7.58. The highest BCUT2D eigenvalue weighted by Crippen LogP contribution is 2.36. The van der Waals surface area contributed by atoms with Crippen LogP contribution in [0.2, 0.25) is 0 Å². The predicted molar refractivity (Wildman–Crippen MR) is 110 cm³/mol. The van der Waals surface area contributed by atoms with Crippen LogP contribution in [0.4, 0.5) is 11.5 Å². The zero-order valence-electron chi connectivity index (χ0n) is 17.7. The van der Waals surface area contributed by atoms with Gasteiger partial charge < -0.3 is 19.1 Å². The Morgan fingerprint density at radius 3 is 2.37 bits per heavy atom. The first-order valence-corrected chi connectivity index (χ1v) is 9.43. The number of hydrogen-bond acceptors (Lipinski definition) is 9. The van der Waals surface area contributed by atoms with Crippen LogP contribution in [0.1, 0.15) is 34.1 Å². The highest BCUT2D eigenvalue weighted by Gasteiger charge is 2.29. The number of nitrogens with zero attached hydrogens (tertiary/aromatic N) is 4. The van der Waals surface area contributed by atoms with Crippen molar-refractivity contribution in [1.29, 1.82) is 0 Å². The minimum atomic E-state index is -0.670. The monoisotopic (exact) mass is 418 g/mol. The molecule has 2 rings (SSSR count). The first-order chi connectivity index (χ1) is 14.1. The van der Waals surface area contributed by atoms with Crippen molar-refractivity contribution in [2.75, 3.05) is 25.1 Å². The first-order valence-electron chi connectivity index (χ1n) is 9.43. The number of aromatic nitrogens is 2. The van der Waals surface area contributed by atoms with E-state index in [2.05, 4.69) is 9.97 Å². The Balaban J connectivity index is 2.23. The molecule has 1 heterocycles. The molecule has 0 N–H and O–H groups in total. The largest absolute Gasteiger partial charge is 0.494 e. The van der Waals surface area contributed by atoms with Crippen LogP contribution in [0.15, 0.2) is 30.6 Å². The lowest BCUT2D eigenvalue weighted by molar-refractivity contribution is -0.385. The molecule has 0 unspecified atom stereocenters. The van der Waals surface area contributed by atoms with E-state index in [0.717, 1.165) is 12.7 Å². The van der Waals surface area contributed by atoms with Gasteiger partial charge in [-0.3, -0.25) is 14.9 Å². The second-order valence-electron chi connectivity index (χ2n) is 7.47. The second kappa shape index (κ2) is 9.86. The Labute approximate surface area is 174 Å². The number of anilines is 1. The molecule has 0 amide bonds. The summed E-state index contributed by atoms with van der Waals surface area (Å²) in [5.41, 5.74) is -1.12. The molecule has 0 saturated heterocycles. The lowest BCUT2D eigenvalue weighted by atomic mass is 10.2. The predicted octanol–water partition coefficient (Wildman–Crippen LogP) is 3.74. The van der Waals surface area contributed by atoms with Gasteiger partial charge in [0.15, 0.2) is 0 Å². The fourth-order valence-electron chi connectivity index (χ4n) is 2.45. The minimum Gasteiger partial charge on any atom is -0.494 e. The molecule has 30 heavy (non-hydrogen) atoms. The Kier molecular flexibility index (Phi) is 7.51. The Bertz CT molecular complexity index is 880. The van der Waals surface area contributed by atoms with E-state index in [1.54, 1.807) is 45.0 Å². The maximum absolute atomic E-state index is 12.1. The second-order valence-corrected chi connectivity index (χ2v) is 7.47. The number of hydrogen-bond donors (Lipinski definition) is 0. The molecule has 1 aromatic carbocycles. The average molecular weight is 418 g/mol. The molecular formula is C20H26N4O6. The minimum absolute atomic E-state index is 0.0567. The summed E-state index contributed by atoms with van der Waals surface area (Å²) in [7, 11) is 1.50. The van der Waals surface area contributed by atoms with Gasteiger partial charge in [-0.05, 0) is 51.5 Å². The summed E-state index contributed by atoms with van der Waals surface area (Å²) in [5, 5.41) is 11.7. The molecular weight excluding hydrogens is 392 g/mol. The zero-order valence-corrected chi connectivity index (χ0v) is 17.7. The Morgan fingerprint density at radius 1 is 1.17 bits per heavy atom. The summed E-state index contributed by atoms with van der Waals surface area (Å²) in [4.78, 5) is 32.3. The molecule has 0 fully saturated rings. The quantitative estimate of drug-likeness (QED) is 0.341. The van der Waals surface area contributed by atoms with Crippen molar-refractivity contribution in [3.05, 3.63) is 40.7 Å². The number of benzene rings is 1. The normalized spacial score (nSPS) is 11.0. The van der Waals surface area contributed by atoms with Gasteiger partial charge in [0.25, 0.3) is 0 Å². The first kappa shape index (κ1) is 22.9. The van der Waals surface area contributed by atoms with Gasteiger partial charge in [0, 0.05) is 7.05 Å². The van der Waals surface area contributed by atoms with Crippen molar-refractivity contribution in [2.45, 2.75) is 39.7 Å². The van der Waals surface area contributed by atoms with Gasteiger partial charge in [-0.2, -0.15) is 4.98 Å². The van der Waals surface area contributed by atoms with E-state index < -0.39 is 22.2 Å². The fraction of sp³-hybridized carbons (Fsp3) is 0.450. The van der Waals surface area contributed by atoms with Crippen LogP contribution in [-0.4, -0.2) is 46.7 Å². The maximum Gasteiger partial charge on any atom is 0.373 e. The van der Waals surface area contributed by atoms with Crippen molar-refractivity contribution in [3.63, 3.8) is 0 Å². The third-order valence-corrected chi connectivity index (χ3v) is 3.61. The van der Waals surface area contributed by atoms with E-state index in [4.69, 9.17) is 14.2 Å². The molecule has 10 heteroatoms. The Morgan fingerprint density at radius 2 is 1.80 bits per heavy atom. The molecule has 1 aromatic heterocycles. The van der Waals surface area contributed by atoms with Gasteiger partial charge in [-0.25, -0.2) is 4.98 Å². The summed E-state index contributed by atoms with van der Waals surface area (Å²) >= 11 is 0. The van der Waals surface area contributed by atoms with Gasteiger partial charge in [0.2, 0.25) is 5.82 Å². The van der Waals surface area contributed by atoms with Crippen LogP contribution in [0.3, 0.4) is 0 Å². The number of nitro groups is 1. The molecule has 0 aliphatic carbocycles. The highest BCUT2D eigenvalue weighted by molar-refractivity contribution is 5.77. The summed E-state index contributed by atoms with van der Waals surface area (Å²) < 4.78 is 16.4. The fourth-order valence-corrected chi connectivity index (χ4v) is 2.45. The van der Waals surface area contributed by atoms with Crippen LogP contribution in [0, 0.1) is 10.1 Å². The summed E-state index contributed by atoms with van der Waals surface area (Å²) in [5.74, 6) is 0.186. The summed E-state index contributed by atoms with van der Waals surface area (Å²) in [6, 6.07) is 6.66. The number of ether oxygens (including phenoxy) is 3. The van der Waals surface area contributed by atoms with E-state index in [1.807, 2.05) is 6.92 Å². The third kappa shape index (κ3) is 6.57. The SMILES string of the molecule is CCCOc1ccc(Oc2ncnc(N(C)CC(=O)OC(C)(C)C)c2[N+](=O)[O-])cc1. The van der Waals surface area contributed by atoms with Crippen molar-refractivity contribution in [1.82, 2.24) is 9.97 Å². The molecule has 2 aromatic rings. The lowest BCUT2D eigenvalue weighted by Crippen LogP contribution is -2.33. The van der Waals surface area contributed by atoms with Crippen molar-refractivity contribution in [2.24, 2.45) is 0 Å². The van der Waals surface area contributed by atoms with E-state index in [0.29, 0.717) is 18.1 Å². The standard InChI is InChI=1S/C20H26N4O6/c1-6-11-28-14-7-9-15(10-8-14)29-19-17(24(26)27)18(21-13-22-19)23(5)12-16(25)30-20(2,3)4/h7-10,13H,6,11-12H2,1-5H3. The van der Waals surface area contributed by atoms with E-state index in [9.17, 15) is 14.9 Å². The van der Waals surface area contributed by atoms with Crippen molar-refractivity contribution in [3.8, 4) is 17.4 Å². The van der Waals surface area contributed by atoms with Gasteiger partial charge in [0.1, 0.15) is 30.0 Å². The molecule has 162 valence electrons. The van der Waals surface area contributed by atoms with E-state index in [-0.39, 0.29) is 18.2 Å². The van der Waals surface area contributed by atoms with Gasteiger partial charge in [-0.1, -0.05) is 6.92 Å². The number of carbonyl (C=O) groups is 1. The molecule has 0 aliphatic rings. The van der Waals surface area contributed by atoms with Gasteiger partial charge in [-0.15, -0.1) is 0 Å². The van der Waals surface area contributed by atoms with Crippen molar-refractivity contribution < 1.29 is 23.9 Å².